The van der Waals surface area contributed by atoms with Crippen LogP contribution in [0.25, 0.3) is 0 Å². The summed E-state index contributed by atoms with van der Waals surface area (Å²) in [6.45, 7) is 2.15. The third kappa shape index (κ3) is 2.96. The van der Waals surface area contributed by atoms with E-state index in [0.29, 0.717) is 0 Å². The molecule has 0 unspecified atom stereocenters. The SMILES string of the molecule is Cc1ccc(Br)cc1Cc1ccc(Br)cc1. The van der Waals surface area contributed by atoms with Gasteiger partial charge in [0.25, 0.3) is 0 Å². The molecular weight excluding hydrogens is 328 g/mol. The minimum Gasteiger partial charge on any atom is -0.0579 e. The average Bonchev–Trinajstić information content (AvgIpc) is 2.27. The van der Waals surface area contributed by atoms with Crippen molar-refractivity contribution in [3.8, 4) is 0 Å². The van der Waals surface area contributed by atoms with E-state index in [0.717, 1.165) is 15.4 Å². The summed E-state index contributed by atoms with van der Waals surface area (Å²) >= 11 is 6.96. The molecule has 82 valence electrons. The summed E-state index contributed by atoms with van der Waals surface area (Å²) in [5, 5.41) is 0. The zero-order valence-corrected chi connectivity index (χ0v) is 12.2. The minimum absolute atomic E-state index is 0.985. The summed E-state index contributed by atoms with van der Waals surface area (Å²) in [5.41, 5.74) is 4.05. The largest absolute Gasteiger partial charge is 0.0579 e. The molecule has 2 aromatic carbocycles. The molecule has 0 aromatic heterocycles. The summed E-state index contributed by atoms with van der Waals surface area (Å²) in [6, 6.07) is 14.9. The number of benzene rings is 2. The van der Waals surface area contributed by atoms with Gasteiger partial charge in [0.2, 0.25) is 0 Å². The summed E-state index contributed by atoms with van der Waals surface area (Å²) in [5.74, 6) is 0. The van der Waals surface area contributed by atoms with Crippen molar-refractivity contribution in [2.45, 2.75) is 13.3 Å². The first-order valence-electron chi connectivity index (χ1n) is 5.14. The third-order valence-electron chi connectivity index (χ3n) is 2.62. The Morgan fingerprint density at radius 2 is 1.50 bits per heavy atom. The number of hydrogen-bond acceptors (Lipinski definition) is 0. The summed E-state index contributed by atoms with van der Waals surface area (Å²) in [6.07, 6.45) is 0.985. The van der Waals surface area contributed by atoms with E-state index in [9.17, 15) is 0 Å². The molecule has 2 rings (SSSR count). The van der Waals surface area contributed by atoms with Crippen LogP contribution in [0.3, 0.4) is 0 Å². The fourth-order valence-corrected chi connectivity index (χ4v) is 2.33. The summed E-state index contributed by atoms with van der Waals surface area (Å²) < 4.78 is 2.27. The molecule has 0 aliphatic heterocycles. The number of rotatable bonds is 2. The predicted octanol–water partition coefficient (Wildman–Crippen LogP) is 5.11. The van der Waals surface area contributed by atoms with Crippen molar-refractivity contribution in [3.63, 3.8) is 0 Å². The van der Waals surface area contributed by atoms with Crippen LogP contribution in [-0.4, -0.2) is 0 Å². The van der Waals surface area contributed by atoms with E-state index in [2.05, 4.69) is 81.2 Å². The van der Waals surface area contributed by atoms with E-state index in [1.165, 1.54) is 16.7 Å². The topological polar surface area (TPSA) is 0 Å². The molecule has 0 bridgehead atoms. The van der Waals surface area contributed by atoms with Crippen LogP contribution in [0.4, 0.5) is 0 Å². The predicted molar refractivity (Wildman–Crippen MR) is 75.8 cm³/mol. The Labute approximate surface area is 113 Å². The number of aryl methyl sites for hydroxylation is 1. The van der Waals surface area contributed by atoms with Gasteiger partial charge >= 0.3 is 0 Å². The van der Waals surface area contributed by atoms with E-state index in [4.69, 9.17) is 0 Å². The van der Waals surface area contributed by atoms with E-state index in [-0.39, 0.29) is 0 Å². The monoisotopic (exact) mass is 338 g/mol. The lowest BCUT2D eigenvalue weighted by Gasteiger charge is -2.06. The van der Waals surface area contributed by atoms with Gasteiger partial charge in [-0.2, -0.15) is 0 Å². The van der Waals surface area contributed by atoms with E-state index >= 15 is 0 Å². The molecule has 16 heavy (non-hydrogen) atoms. The van der Waals surface area contributed by atoms with Crippen molar-refractivity contribution in [2.24, 2.45) is 0 Å². The maximum Gasteiger partial charge on any atom is 0.0178 e. The molecule has 0 amide bonds. The first kappa shape index (κ1) is 11.9. The van der Waals surface area contributed by atoms with Crippen LogP contribution < -0.4 is 0 Å². The van der Waals surface area contributed by atoms with Gasteiger partial charge in [-0.25, -0.2) is 0 Å². The highest BCUT2D eigenvalue weighted by Gasteiger charge is 2.01. The van der Waals surface area contributed by atoms with Crippen LogP contribution in [0, 0.1) is 6.92 Å². The highest BCUT2D eigenvalue weighted by atomic mass is 79.9. The van der Waals surface area contributed by atoms with Gasteiger partial charge in [-0.15, -0.1) is 0 Å². The number of hydrogen-bond donors (Lipinski definition) is 0. The molecule has 0 atom stereocenters. The van der Waals surface area contributed by atoms with Crippen LogP contribution in [-0.2, 0) is 6.42 Å². The fraction of sp³-hybridized carbons (Fsp3) is 0.143. The summed E-state index contributed by atoms with van der Waals surface area (Å²) in [4.78, 5) is 0. The molecular formula is C14H12Br2. The van der Waals surface area contributed by atoms with Gasteiger partial charge in [0.1, 0.15) is 0 Å². The Bertz CT molecular complexity index is 487. The van der Waals surface area contributed by atoms with Gasteiger partial charge in [-0.1, -0.05) is 50.1 Å². The molecule has 0 heterocycles. The molecule has 2 heteroatoms. The Morgan fingerprint density at radius 3 is 2.19 bits per heavy atom. The minimum atomic E-state index is 0.985. The lowest BCUT2D eigenvalue weighted by molar-refractivity contribution is 1.15. The fourth-order valence-electron chi connectivity index (χ4n) is 1.65. The molecule has 0 radical (unpaired) electrons. The Kier molecular flexibility index (Phi) is 3.82. The molecule has 0 aliphatic rings. The molecule has 0 saturated heterocycles. The highest BCUT2D eigenvalue weighted by molar-refractivity contribution is 9.10. The standard InChI is InChI=1S/C14H12Br2/c1-10-2-5-14(16)9-12(10)8-11-3-6-13(15)7-4-11/h2-7,9H,8H2,1H3. The smallest absolute Gasteiger partial charge is 0.0178 e. The molecule has 0 spiro atoms. The first-order chi connectivity index (χ1) is 7.65. The van der Waals surface area contributed by atoms with Crippen molar-refractivity contribution >= 4 is 31.9 Å². The molecule has 0 aliphatic carbocycles. The second-order valence-electron chi connectivity index (χ2n) is 3.87. The van der Waals surface area contributed by atoms with Gasteiger partial charge in [0.05, 0.1) is 0 Å². The van der Waals surface area contributed by atoms with Crippen molar-refractivity contribution in [1.29, 1.82) is 0 Å². The van der Waals surface area contributed by atoms with E-state index < -0.39 is 0 Å². The molecule has 0 fully saturated rings. The maximum atomic E-state index is 3.51. The van der Waals surface area contributed by atoms with Crippen LogP contribution in [0.1, 0.15) is 16.7 Å². The third-order valence-corrected chi connectivity index (χ3v) is 3.64. The second kappa shape index (κ2) is 5.15. The van der Waals surface area contributed by atoms with E-state index in [1.807, 2.05) is 0 Å². The van der Waals surface area contributed by atoms with Crippen molar-refractivity contribution in [2.75, 3.05) is 0 Å². The normalized spacial score (nSPS) is 10.4. The first-order valence-corrected chi connectivity index (χ1v) is 6.73. The molecule has 0 N–H and O–H groups in total. The van der Waals surface area contributed by atoms with Crippen LogP contribution in [0.2, 0.25) is 0 Å². The van der Waals surface area contributed by atoms with E-state index in [1.54, 1.807) is 0 Å². The zero-order valence-electron chi connectivity index (χ0n) is 9.00. The average molecular weight is 340 g/mol. The lowest BCUT2D eigenvalue weighted by atomic mass is 10.0. The Morgan fingerprint density at radius 1 is 0.875 bits per heavy atom. The van der Waals surface area contributed by atoms with Gasteiger partial charge < -0.3 is 0 Å². The molecule has 0 saturated carbocycles. The van der Waals surface area contributed by atoms with Crippen molar-refractivity contribution < 1.29 is 0 Å². The van der Waals surface area contributed by atoms with Gasteiger partial charge in [-0.3, -0.25) is 0 Å². The van der Waals surface area contributed by atoms with Gasteiger partial charge in [0.15, 0.2) is 0 Å². The van der Waals surface area contributed by atoms with Gasteiger partial charge in [0, 0.05) is 8.95 Å². The lowest BCUT2D eigenvalue weighted by Crippen LogP contribution is -1.91. The highest BCUT2D eigenvalue weighted by Crippen LogP contribution is 2.20. The number of halogens is 2. The second-order valence-corrected chi connectivity index (χ2v) is 5.71. The molecule has 0 nitrogen and oxygen atoms in total. The van der Waals surface area contributed by atoms with Crippen molar-refractivity contribution in [3.05, 3.63) is 68.1 Å². The quantitative estimate of drug-likeness (QED) is 0.713. The van der Waals surface area contributed by atoms with Crippen LogP contribution in [0.15, 0.2) is 51.4 Å². The van der Waals surface area contributed by atoms with Crippen LogP contribution >= 0.6 is 31.9 Å². The van der Waals surface area contributed by atoms with Gasteiger partial charge in [-0.05, 0) is 54.3 Å². The zero-order chi connectivity index (χ0) is 11.5. The maximum absolute atomic E-state index is 3.51. The summed E-state index contributed by atoms with van der Waals surface area (Å²) in [7, 11) is 0. The van der Waals surface area contributed by atoms with Crippen molar-refractivity contribution in [1.82, 2.24) is 0 Å². The molecule has 2 aromatic rings. The van der Waals surface area contributed by atoms with Crippen LogP contribution in [0.5, 0.6) is 0 Å². The Balaban J connectivity index is 2.26. The Hall–Kier alpha value is -0.600.